The molecule has 3 nitrogen and oxygen atoms in total. The molecule has 0 spiro atoms. The SMILES string of the molecule is COc1cccc2c1N(C(=O)c1cc(Br)ccc1F)CCC2. The number of hydrogen-bond donors (Lipinski definition) is 0. The highest BCUT2D eigenvalue weighted by Gasteiger charge is 2.28. The molecule has 2 aromatic carbocycles. The number of aryl methyl sites for hydroxylation is 1. The van der Waals surface area contributed by atoms with Crippen LogP contribution in [0.1, 0.15) is 22.3 Å². The lowest BCUT2D eigenvalue weighted by molar-refractivity contribution is 0.0980. The zero-order valence-electron chi connectivity index (χ0n) is 12.1. The number of ether oxygens (including phenoxy) is 1. The van der Waals surface area contributed by atoms with Gasteiger partial charge in [-0.3, -0.25) is 4.79 Å². The van der Waals surface area contributed by atoms with Gasteiger partial charge in [0.2, 0.25) is 0 Å². The van der Waals surface area contributed by atoms with E-state index in [1.165, 1.54) is 12.1 Å². The van der Waals surface area contributed by atoms with Gasteiger partial charge in [0.1, 0.15) is 11.6 Å². The van der Waals surface area contributed by atoms with Crippen molar-refractivity contribution in [1.29, 1.82) is 0 Å². The van der Waals surface area contributed by atoms with Crippen molar-refractivity contribution in [2.75, 3.05) is 18.6 Å². The second-order valence-corrected chi connectivity index (χ2v) is 6.07. The van der Waals surface area contributed by atoms with Crippen molar-refractivity contribution < 1.29 is 13.9 Å². The standard InChI is InChI=1S/C17H15BrFNO2/c1-22-15-6-2-4-11-5-3-9-20(16(11)15)17(21)13-10-12(18)7-8-14(13)19/h2,4,6-8,10H,3,5,9H2,1H3. The molecule has 5 heteroatoms. The molecule has 0 saturated heterocycles. The summed E-state index contributed by atoms with van der Waals surface area (Å²) in [5.74, 6) is -0.222. The highest BCUT2D eigenvalue weighted by molar-refractivity contribution is 9.10. The minimum Gasteiger partial charge on any atom is -0.495 e. The van der Waals surface area contributed by atoms with E-state index < -0.39 is 5.82 Å². The van der Waals surface area contributed by atoms with Crippen molar-refractivity contribution in [3.05, 3.63) is 57.8 Å². The fraction of sp³-hybridized carbons (Fsp3) is 0.235. The smallest absolute Gasteiger partial charge is 0.261 e. The van der Waals surface area contributed by atoms with Crippen LogP contribution in [0.3, 0.4) is 0 Å². The van der Waals surface area contributed by atoms with Crippen LogP contribution in [-0.2, 0) is 6.42 Å². The molecule has 0 saturated carbocycles. The third-order valence-corrected chi connectivity index (χ3v) is 4.30. The van der Waals surface area contributed by atoms with Gasteiger partial charge in [-0.2, -0.15) is 0 Å². The van der Waals surface area contributed by atoms with Crippen LogP contribution in [0, 0.1) is 5.82 Å². The molecule has 0 atom stereocenters. The first-order valence-electron chi connectivity index (χ1n) is 7.04. The Balaban J connectivity index is 2.07. The van der Waals surface area contributed by atoms with Crippen LogP contribution in [0.25, 0.3) is 0 Å². The van der Waals surface area contributed by atoms with Crippen LogP contribution < -0.4 is 9.64 Å². The van der Waals surface area contributed by atoms with Gasteiger partial charge in [-0.05, 0) is 42.7 Å². The summed E-state index contributed by atoms with van der Waals surface area (Å²) in [6, 6.07) is 10.1. The molecular formula is C17H15BrFNO2. The minimum atomic E-state index is -0.518. The monoisotopic (exact) mass is 363 g/mol. The maximum absolute atomic E-state index is 14.0. The number of anilines is 1. The molecule has 1 aliphatic heterocycles. The number of fused-ring (bicyclic) bond motifs is 1. The van der Waals surface area contributed by atoms with Crippen LogP contribution in [0.15, 0.2) is 40.9 Å². The van der Waals surface area contributed by atoms with E-state index in [2.05, 4.69) is 15.9 Å². The van der Waals surface area contributed by atoms with E-state index >= 15 is 0 Å². The number of amides is 1. The summed E-state index contributed by atoms with van der Waals surface area (Å²) >= 11 is 3.29. The Bertz CT molecular complexity index is 718. The second kappa shape index (κ2) is 6.08. The van der Waals surface area contributed by atoms with Gasteiger partial charge >= 0.3 is 0 Å². The maximum atomic E-state index is 14.0. The van der Waals surface area contributed by atoms with Crippen LogP contribution in [0.4, 0.5) is 10.1 Å². The number of benzene rings is 2. The van der Waals surface area contributed by atoms with Crippen molar-refractivity contribution >= 4 is 27.5 Å². The molecule has 1 aliphatic rings. The van der Waals surface area contributed by atoms with Gasteiger partial charge in [0.25, 0.3) is 5.91 Å². The summed E-state index contributed by atoms with van der Waals surface area (Å²) in [4.78, 5) is 14.4. The molecule has 0 aliphatic carbocycles. The van der Waals surface area contributed by atoms with Gasteiger partial charge in [0, 0.05) is 11.0 Å². The molecule has 0 bridgehead atoms. The van der Waals surface area contributed by atoms with Gasteiger partial charge in [-0.15, -0.1) is 0 Å². The van der Waals surface area contributed by atoms with Crippen LogP contribution in [-0.4, -0.2) is 19.6 Å². The van der Waals surface area contributed by atoms with E-state index in [1.54, 1.807) is 18.1 Å². The molecule has 0 N–H and O–H groups in total. The first-order valence-corrected chi connectivity index (χ1v) is 7.84. The summed E-state index contributed by atoms with van der Waals surface area (Å²) in [7, 11) is 1.58. The molecule has 1 heterocycles. The van der Waals surface area contributed by atoms with E-state index in [4.69, 9.17) is 4.74 Å². The molecule has 0 fully saturated rings. The van der Waals surface area contributed by atoms with Crippen molar-refractivity contribution in [3.63, 3.8) is 0 Å². The van der Waals surface area contributed by atoms with Gasteiger partial charge in [-0.25, -0.2) is 4.39 Å². The molecule has 114 valence electrons. The van der Waals surface area contributed by atoms with E-state index in [-0.39, 0.29) is 11.5 Å². The largest absolute Gasteiger partial charge is 0.495 e. The molecule has 0 unspecified atom stereocenters. The number of carbonyl (C=O) groups is 1. The van der Waals surface area contributed by atoms with Gasteiger partial charge in [0.05, 0.1) is 18.4 Å². The quantitative estimate of drug-likeness (QED) is 0.800. The molecule has 3 rings (SSSR count). The lowest BCUT2D eigenvalue weighted by Gasteiger charge is -2.31. The molecule has 22 heavy (non-hydrogen) atoms. The van der Waals surface area contributed by atoms with E-state index in [1.807, 2.05) is 18.2 Å². The van der Waals surface area contributed by atoms with Crippen molar-refractivity contribution in [1.82, 2.24) is 0 Å². The first-order chi connectivity index (χ1) is 10.6. The van der Waals surface area contributed by atoms with Crippen LogP contribution >= 0.6 is 15.9 Å². The Hall–Kier alpha value is -1.88. The summed E-state index contributed by atoms with van der Waals surface area (Å²) < 4.78 is 20.1. The van der Waals surface area contributed by atoms with E-state index in [0.29, 0.717) is 16.8 Å². The minimum absolute atomic E-state index is 0.0631. The predicted molar refractivity (Wildman–Crippen MR) is 87.1 cm³/mol. The Morgan fingerprint density at radius 2 is 2.14 bits per heavy atom. The maximum Gasteiger partial charge on any atom is 0.261 e. The topological polar surface area (TPSA) is 29.5 Å². The average molecular weight is 364 g/mol. The summed E-state index contributed by atoms with van der Waals surface area (Å²) in [5, 5.41) is 0. The second-order valence-electron chi connectivity index (χ2n) is 5.15. The van der Waals surface area contributed by atoms with Crippen molar-refractivity contribution in [2.45, 2.75) is 12.8 Å². The Kier molecular flexibility index (Phi) is 4.16. The first kappa shape index (κ1) is 15.0. The predicted octanol–water partition coefficient (Wildman–Crippen LogP) is 4.19. The molecule has 0 radical (unpaired) electrons. The molecule has 1 amide bonds. The van der Waals surface area contributed by atoms with Crippen LogP contribution in [0.5, 0.6) is 5.75 Å². The number of hydrogen-bond acceptors (Lipinski definition) is 2. The number of methoxy groups -OCH3 is 1. The Labute approximate surface area is 136 Å². The van der Waals surface area contributed by atoms with Crippen molar-refractivity contribution in [2.24, 2.45) is 0 Å². The highest BCUT2D eigenvalue weighted by atomic mass is 79.9. The lowest BCUT2D eigenvalue weighted by atomic mass is 10.00. The fourth-order valence-electron chi connectivity index (χ4n) is 2.79. The zero-order chi connectivity index (χ0) is 15.7. The third-order valence-electron chi connectivity index (χ3n) is 3.80. The Morgan fingerprint density at radius 3 is 2.91 bits per heavy atom. The molecule has 2 aromatic rings. The van der Waals surface area contributed by atoms with Gasteiger partial charge in [0.15, 0.2) is 0 Å². The van der Waals surface area contributed by atoms with Gasteiger partial charge in [-0.1, -0.05) is 28.1 Å². The zero-order valence-corrected chi connectivity index (χ0v) is 13.7. The lowest BCUT2D eigenvalue weighted by Crippen LogP contribution is -2.36. The number of para-hydroxylation sites is 1. The van der Waals surface area contributed by atoms with Crippen LogP contribution in [0.2, 0.25) is 0 Å². The average Bonchev–Trinajstić information content (AvgIpc) is 2.55. The normalized spacial score (nSPS) is 13.7. The third kappa shape index (κ3) is 2.61. The molecule has 0 aromatic heterocycles. The summed E-state index contributed by atoms with van der Waals surface area (Å²) in [6.45, 7) is 0.554. The molecular weight excluding hydrogens is 349 g/mol. The highest BCUT2D eigenvalue weighted by Crippen LogP contribution is 2.37. The van der Waals surface area contributed by atoms with E-state index in [0.717, 1.165) is 24.1 Å². The van der Waals surface area contributed by atoms with Gasteiger partial charge < -0.3 is 9.64 Å². The summed E-state index contributed by atoms with van der Waals surface area (Å²) in [5.41, 5.74) is 1.86. The van der Waals surface area contributed by atoms with E-state index in [9.17, 15) is 9.18 Å². The number of carbonyl (C=O) groups excluding carboxylic acids is 1. The number of rotatable bonds is 2. The van der Waals surface area contributed by atoms with Crippen molar-refractivity contribution in [3.8, 4) is 5.75 Å². The number of nitrogens with zero attached hydrogens (tertiary/aromatic N) is 1. The number of halogens is 2. The summed E-state index contributed by atoms with van der Waals surface area (Å²) in [6.07, 6.45) is 1.73. The fourth-order valence-corrected chi connectivity index (χ4v) is 3.15. The Morgan fingerprint density at radius 1 is 1.32 bits per heavy atom.